The summed E-state index contributed by atoms with van der Waals surface area (Å²) < 4.78 is 18.0. The molecule has 2 heterocycles. The second kappa shape index (κ2) is 4.60. The minimum atomic E-state index is -0.681. The van der Waals surface area contributed by atoms with E-state index in [2.05, 4.69) is 15.0 Å². The quantitative estimate of drug-likeness (QED) is 0.814. The van der Waals surface area contributed by atoms with Crippen LogP contribution in [0.3, 0.4) is 0 Å². The highest BCUT2D eigenvalue weighted by molar-refractivity contribution is 5.37. The van der Waals surface area contributed by atoms with Gasteiger partial charge in [0.25, 0.3) is 0 Å². The summed E-state index contributed by atoms with van der Waals surface area (Å²) in [5, 5.41) is 0. The van der Waals surface area contributed by atoms with Gasteiger partial charge in [-0.15, -0.1) is 0 Å². The van der Waals surface area contributed by atoms with Crippen molar-refractivity contribution in [2.75, 3.05) is 11.5 Å². The molecule has 0 spiro atoms. The Labute approximate surface area is 96.5 Å². The fourth-order valence-electron chi connectivity index (χ4n) is 1.15. The van der Waals surface area contributed by atoms with Crippen molar-refractivity contribution in [3.05, 3.63) is 36.0 Å². The van der Waals surface area contributed by atoms with Crippen LogP contribution in [0, 0.1) is 5.82 Å². The van der Waals surface area contributed by atoms with Gasteiger partial charge in [0.05, 0.1) is 11.9 Å². The molecule has 0 fully saturated rings. The number of ether oxygens (including phenoxy) is 1. The second-order valence-electron chi connectivity index (χ2n) is 3.25. The third-order valence-corrected chi connectivity index (χ3v) is 1.94. The number of hydrogen-bond acceptors (Lipinski definition) is 6. The summed E-state index contributed by atoms with van der Waals surface area (Å²) in [5.74, 6) is -0.935. The Morgan fingerprint density at radius 2 is 2.12 bits per heavy atom. The van der Waals surface area contributed by atoms with Crippen molar-refractivity contribution in [2.24, 2.45) is 0 Å². The van der Waals surface area contributed by atoms with Crippen LogP contribution >= 0.6 is 0 Å². The average Bonchev–Trinajstić information content (AvgIpc) is 2.31. The molecular formula is C10H10FN5O. The zero-order valence-corrected chi connectivity index (χ0v) is 8.80. The summed E-state index contributed by atoms with van der Waals surface area (Å²) in [6.07, 6.45) is 2.51. The van der Waals surface area contributed by atoms with Crippen LogP contribution in [0.5, 0.6) is 6.01 Å². The fourth-order valence-corrected chi connectivity index (χ4v) is 1.15. The Kier molecular flexibility index (Phi) is 2.99. The Balaban J connectivity index is 2.05. The maximum Gasteiger partial charge on any atom is 0.318 e. The molecule has 0 radical (unpaired) electrons. The lowest BCUT2D eigenvalue weighted by molar-refractivity contribution is 0.275. The maximum absolute atomic E-state index is 12.8. The molecule has 2 rings (SSSR count). The van der Waals surface area contributed by atoms with Crippen molar-refractivity contribution in [3.63, 3.8) is 0 Å². The van der Waals surface area contributed by atoms with Gasteiger partial charge in [0.2, 0.25) is 0 Å². The minimum absolute atomic E-state index is 0.00637. The van der Waals surface area contributed by atoms with Gasteiger partial charge < -0.3 is 16.2 Å². The lowest BCUT2D eigenvalue weighted by Crippen LogP contribution is -2.04. The molecule has 0 aliphatic heterocycles. The van der Waals surface area contributed by atoms with E-state index in [1.807, 2.05) is 0 Å². The Bertz CT molecular complexity index is 534. The van der Waals surface area contributed by atoms with E-state index in [1.165, 1.54) is 0 Å². The topological polar surface area (TPSA) is 99.9 Å². The van der Waals surface area contributed by atoms with Gasteiger partial charge in [0, 0.05) is 11.9 Å². The first-order valence-electron chi connectivity index (χ1n) is 4.76. The average molecular weight is 235 g/mol. The third-order valence-electron chi connectivity index (χ3n) is 1.94. The monoisotopic (exact) mass is 235 g/mol. The molecule has 0 saturated heterocycles. The second-order valence-corrected chi connectivity index (χ2v) is 3.25. The van der Waals surface area contributed by atoms with Crippen LogP contribution in [0.2, 0.25) is 0 Å². The molecular weight excluding hydrogens is 225 g/mol. The summed E-state index contributed by atoms with van der Waals surface area (Å²) in [6.45, 7) is 0.135. The van der Waals surface area contributed by atoms with E-state index in [-0.39, 0.29) is 18.4 Å². The van der Waals surface area contributed by atoms with Crippen molar-refractivity contribution in [2.45, 2.75) is 6.61 Å². The first kappa shape index (κ1) is 11.1. The number of halogens is 1. The van der Waals surface area contributed by atoms with Gasteiger partial charge in [-0.2, -0.15) is 4.98 Å². The predicted octanol–water partition coefficient (Wildman–Crippen LogP) is 0.754. The van der Waals surface area contributed by atoms with Crippen LogP contribution in [-0.2, 0) is 6.61 Å². The van der Waals surface area contributed by atoms with Crippen LogP contribution in [0.15, 0.2) is 24.5 Å². The van der Waals surface area contributed by atoms with E-state index >= 15 is 0 Å². The number of rotatable bonds is 3. The minimum Gasteiger partial charge on any atom is -0.457 e. The van der Waals surface area contributed by atoms with Crippen LogP contribution in [0.1, 0.15) is 5.69 Å². The normalized spacial score (nSPS) is 10.2. The van der Waals surface area contributed by atoms with Crippen LogP contribution in [-0.4, -0.2) is 15.0 Å². The zero-order valence-electron chi connectivity index (χ0n) is 8.80. The lowest BCUT2D eigenvalue weighted by atomic mass is 10.3. The van der Waals surface area contributed by atoms with Crippen molar-refractivity contribution < 1.29 is 9.13 Å². The molecule has 6 nitrogen and oxygen atoms in total. The maximum atomic E-state index is 12.8. The van der Waals surface area contributed by atoms with Crippen LogP contribution in [0.25, 0.3) is 0 Å². The molecule has 88 valence electrons. The number of hydrogen-bond donors (Lipinski definition) is 2. The van der Waals surface area contributed by atoms with Gasteiger partial charge in [-0.3, -0.25) is 4.98 Å². The van der Waals surface area contributed by atoms with E-state index in [0.29, 0.717) is 11.4 Å². The molecule has 4 N–H and O–H groups in total. The number of nitrogen functional groups attached to an aromatic ring is 2. The van der Waals surface area contributed by atoms with E-state index in [0.717, 1.165) is 6.20 Å². The lowest BCUT2D eigenvalue weighted by Gasteiger charge is -2.04. The Morgan fingerprint density at radius 1 is 1.29 bits per heavy atom. The Hall–Kier alpha value is -2.44. The molecule has 0 aliphatic carbocycles. The third kappa shape index (κ3) is 2.77. The molecule has 0 unspecified atom stereocenters. The molecule has 0 saturated carbocycles. The fraction of sp³-hybridized carbons (Fsp3) is 0.100. The SMILES string of the molecule is Nc1ccnc(COc2ncc(F)c(N)n2)c1. The van der Waals surface area contributed by atoms with E-state index < -0.39 is 5.82 Å². The highest BCUT2D eigenvalue weighted by atomic mass is 19.1. The smallest absolute Gasteiger partial charge is 0.318 e. The molecule has 0 atom stereocenters. The summed E-state index contributed by atoms with van der Waals surface area (Å²) in [5.41, 5.74) is 12.1. The van der Waals surface area contributed by atoms with E-state index in [9.17, 15) is 4.39 Å². The highest BCUT2D eigenvalue weighted by Gasteiger charge is 2.04. The largest absolute Gasteiger partial charge is 0.457 e. The predicted molar refractivity (Wildman–Crippen MR) is 59.4 cm³/mol. The first-order chi connectivity index (χ1) is 8.15. The standard InChI is InChI=1S/C10H10FN5O/c11-8-4-15-10(16-9(8)13)17-5-7-3-6(12)1-2-14-7/h1-4H,5H2,(H2,12,14)(H2,13,15,16). The van der Waals surface area contributed by atoms with Gasteiger partial charge in [-0.1, -0.05) is 0 Å². The van der Waals surface area contributed by atoms with Crippen molar-refractivity contribution >= 4 is 11.5 Å². The summed E-state index contributed by atoms with van der Waals surface area (Å²) >= 11 is 0. The molecule has 0 aromatic carbocycles. The van der Waals surface area contributed by atoms with Gasteiger partial charge in [-0.05, 0) is 12.1 Å². The molecule has 2 aromatic heterocycles. The number of nitrogens with zero attached hydrogens (tertiary/aromatic N) is 3. The number of pyridine rings is 1. The van der Waals surface area contributed by atoms with Crippen molar-refractivity contribution in [1.29, 1.82) is 0 Å². The molecule has 0 aliphatic rings. The summed E-state index contributed by atoms with van der Waals surface area (Å²) in [6, 6.07) is 3.32. The molecule has 17 heavy (non-hydrogen) atoms. The Morgan fingerprint density at radius 3 is 2.82 bits per heavy atom. The number of nitrogens with two attached hydrogens (primary N) is 2. The number of anilines is 2. The van der Waals surface area contributed by atoms with Crippen LogP contribution < -0.4 is 16.2 Å². The molecule has 0 bridgehead atoms. The zero-order chi connectivity index (χ0) is 12.3. The molecule has 7 heteroatoms. The van der Waals surface area contributed by atoms with Gasteiger partial charge >= 0.3 is 6.01 Å². The van der Waals surface area contributed by atoms with Crippen LogP contribution in [0.4, 0.5) is 15.9 Å². The first-order valence-corrected chi connectivity index (χ1v) is 4.76. The number of aromatic nitrogens is 3. The van der Waals surface area contributed by atoms with E-state index in [4.69, 9.17) is 16.2 Å². The molecule has 2 aromatic rings. The van der Waals surface area contributed by atoms with Gasteiger partial charge in [-0.25, -0.2) is 9.37 Å². The summed E-state index contributed by atoms with van der Waals surface area (Å²) in [7, 11) is 0. The summed E-state index contributed by atoms with van der Waals surface area (Å²) in [4.78, 5) is 11.3. The van der Waals surface area contributed by atoms with Crippen molar-refractivity contribution in [3.8, 4) is 6.01 Å². The highest BCUT2D eigenvalue weighted by Crippen LogP contribution is 2.11. The van der Waals surface area contributed by atoms with E-state index in [1.54, 1.807) is 18.3 Å². The molecule has 0 amide bonds. The van der Waals surface area contributed by atoms with Crippen molar-refractivity contribution in [1.82, 2.24) is 15.0 Å². The van der Waals surface area contributed by atoms with Gasteiger partial charge in [0.15, 0.2) is 11.6 Å². The van der Waals surface area contributed by atoms with Gasteiger partial charge in [0.1, 0.15) is 6.61 Å².